The Bertz CT molecular complexity index is 406. The predicted octanol–water partition coefficient (Wildman–Crippen LogP) is 1.17. The molecule has 1 aliphatic carbocycles. The lowest BCUT2D eigenvalue weighted by Gasteiger charge is -2.33. The van der Waals surface area contributed by atoms with Gasteiger partial charge in [0.2, 0.25) is 11.8 Å². The van der Waals surface area contributed by atoms with Crippen LogP contribution in [0.5, 0.6) is 0 Å². The van der Waals surface area contributed by atoms with Gasteiger partial charge in [0, 0.05) is 44.6 Å². The minimum atomic E-state index is -0.134. The van der Waals surface area contributed by atoms with Gasteiger partial charge in [-0.25, -0.2) is 0 Å². The Morgan fingerprint density at radius 2 is 1.95 bits per heavy atom. The normalized spacial score (nSPS) is 32.3. The average Bonchev–Trinajstić information content (AvgIpc) is 2.80. The number of likely N-dealkylation sites (tertiary alicyclic amines) is 1. The van der Waals surface area contributed by atoms with Gasteiger partial charge in [-0.05, 0) is 31.6 Å². The number of hydrogen-bond acceptors (Lipinski definition) is 3. The first-order chi connectivity index (χ1) is 10.1. The first-order valence-corrected chi connectivity index (χ1v) is 8.41. The summed E-state index contributed by atoms with van der Waals surface area (Å²) in [5.74, 6) is 1.47. The van der Waals surface area contributed by atoms with Crippen molar-refractivity contribution in [2.75, 3.05) is 26.2 Å². The number of carbonyl (C=O) groups is 2. The van der Waals surface area contributed by atoms with Crippen molar-refractivity contribution in [3.63, 3.8) is 0 Å². The van der Waals surface area contributed by atoms with Crippen LogP contribution in [0.15, 0.2) is 0 Å². The first-order valence-electron chi connectivity index (χ1n) is 8.41. The van der Waals surface area contributed by atoms with E-state index in [1.807, 2.05) is 4.90 Å². The van der Waals surface area contributed by atoms with E-state index in [-0.39, 0.29) is 30.1 Å². The summed E-state index contributed by atoms with van der Waals surface area (Å²) < 4.78 is 0. The minimum Gasteiger partial charge on any atom is -0.355 e. The zero-order valence-corrected chi connectivity index (χ0v) is 14.2. The van der Waals surface area contributed by atoms with Crippen molar-refractivity contribution >= 4 is 24.2 Å². The quantitative estimate of drug-likeness (QED) is 0.814. The van der Waals surface area contributed by atoms with Gasteiger partial charge in [-0.15, -0.1) is 12.4 Å². The van der Waals surface area contributed by atoms with E-state index in [9.17, 15) is 9.59 Å². The number of carbonyl (C=O) groups excluding carboxylic acids is 2. The van der Waals surface area contributed by atoms with Gasteiger partial charge in [0.1, 0.15) is 0 Å². The van der Waals surface area contributed by atoms with E-state index in [2.05, 4.69) is 17.6 Å². The van der Waals surface area contributed by atoms with Gasteiger partial charge >= 0.3 is 0 Å². The number of nitrogens with one attached hydrogen (secondary N) is 2. The lowest BCUT2D eigenvalue weighted by atomic mass is 9.87. The summed E-state index contributed by atoms with van der Waals surface area (Å²) in [6.45, 7) is 5.66. The predicted molar refractivity (Wildman–Crippen MR) is 87.9 cm³/mol. The molecule has 2 saturated heterocycles. The van der Waals surface area contributed by atoms with E-state index in [1.54, 1.807) is 0 Å². The molecule has 0 aromatic rings. The van der Waals surface area contributed by atoms with Crippen molar-refractivity contribution < 1.29 is 9.59 Å². The average molecular weight is 330 g/mol. The third-order valence-electron chi connectivity index (χ3n) is 5.39. The van der Waals surface area contributed by atoms with Gasteiger partial charge in [0.25, 0.3) is 0 Å². The van der Waals surface area contributed by atoms with E-state index >= 15 is 0 Å². The summed E-state index contributed by atoms with van der Waals surface area (Å²) in [5.41, 5.74) is 0. The fourth-order valence-electron chi connectivity index (χ4n) is 3.70. The van der Waals surface area contributed by atoms with Crippen LogP contribution in [0.3, 0.4) is 0 Å². The first kappa shape index (κ1) is 17.5. The van der Waals surface area contributed by atoms with E-state index in [0.717, 1.165) is 38.4 Å². The molecule has 0 aromatic heterocycles. The summed E-state index contributed by atoms with van der Waals surface area (Å²) in [7, 11) is 0. The van der Waals surface area contributed by atoms with E-state index in [4.69, 9.17) is 0 Å². The summed E-state index contributed by atoms with van der Waals surface area (Å²) >= 11 is 0. The van der Waals surface area contributed by atoms with Gasteiger partial charge in [-0.1, -0.05) is 6.92 Å². The molecule has 2 heterocycles. The number of nitrogens with zero attached hydrogens (tertiary/aromatic N) is 1. The fourth-order valence-corrected chi connectivity index (χ4v) is 3.70. The van der Waals surface area contributed by atoms with Gasteiger partial charge in [-0.2, -0.15) is 0 Å². The molecule has 1 unspecified atom stereocenters. The Balaban J connectivity index is 0.00000176. The van der Waals surface area contributed by atoms with Gasteiger partial charge in [0.15, 0.2) is 0 Å². The maximum atomic E-state index is 12.2. The lowest BCUT2D eigenvalue weighted by Crippen LogP contribution is -2.49. The van der Waals surface area contributed by atoms with Crippen molar-refractivity contribution in [1.29, 1.82) is 0 Å². The van der Waals surface area contributed by atoms with Crippen LogP contribution in [0.25, 0.3) is 0 Å². The molecule has 0 radical (unpaired) electrons. The Kier molecular flexibility index (Phi) is 6.09. The summed E-state index contributed by atoms with van der Waals surface area (Å²) in [4.78, 5) is 26.4. The maximum absolute atomic E-state index is 12.2. The molecule has 2 amide bonds. The molecule has 22 heavy (non-hydrogen) atoms. The molecule has 5 nitrogen and oxygen atoms in total. The van der Waals surface area contributed by atoms with Crippen LogP contribution in [-0.2, 0) is 9.59 Å². The van der Waals surface area contributed by atoms with Crippen molar-refractivity contribution in [2.45, 2.75) is 45.1 Å². The van der Waals surface area contributed by atoms with E-state index in [1.165, 1.54) is 12.8 Å². The molecule has 3 aliphatic rings. The van der Waals surface area contributed by atoms with Crippen molar-refractivity contribution in [2.24, 2.45) is 17.8 Å². The zero-order chi connectivity index (χ0) is 14.8. The Morgan fingerprint density at radius 3 is 2.55 bits per heavy atom. The highest BCUT2D eigenvalue weighted by molar-refractivity contribution is 5.89. The summed E-state index contributed by atoms with van der Waals surface area (Å²) in [5, 5.41) is 6.22. The molecule has 6 heteroatoms. The maximum Gasteiger partial charge on any atom is 0.225 e. The molecule has 1 saturated carbocycles. The van der Waals surface area contributed by atoms with Crippen molar-refractivity contribution in [3.8, 4) is 0 Å². The van der Waals surface area contributed by atoms with Gasteiger partial charge in [0.05, 0.1) is 5.92 Å². The van der Waals surface area contributed by atoms with Crippen LogP contribution < -0.4 is 10.6 Å². The molecular formula is C16H28ClN3O2. The smallest absolute Gasteiger partial charge is 0.225 e. The second-order valence-electron chi connectivity index (χ2n) is 7.13. The number of hydrogen-bond donors (Lipinski definition) is 2. The second kappa shape index (κ2) is 7.64. The highest BCUT2D eigenvalue weighted by atomic mass is 35.5. The van der Waals surface area contributed by atoms with E-state index in [0.29, 0.717) is 24.9 Å². The van der Waals surface area contributed by atoms with Gasteiger partial charge in [-0.3, -0.25) is 9.59 Å². The molecule has 0 spiro atoms. The zero-order valence-electron chi connectivity index (χ0n) is 13.3. The SMILES string of the molecule is CC1CCC(N2CC(C(=O)NCC3CNC3)CC2=O)CC1.Cl. The van der Waals surface area contributed by atoms with E-state index < -0.39 is 0 Å². The molecule has 126 valence electrons. The molecule has 3 fully saturated rings. The molecule has 2 N–H and O–H groups in total. The summed E-state index contributed by atoms with van der Waals surface area (Å²) in [6, 6.07) is 0.377. The van der Waals surface area contributed by atoms with Crippen LogP contribution in [-0.4, -0.2) is 48.9 Å². The largest absolute Gasteiger partial charge is 0.355 e. The fraction of sp³-hybridized carbons (Fsp3) is 0.875. The number of rotatable bonds is 4. The Hall–Kier alpha value is -0.810. The molecule has 0 bridgehead atoms. The molecule has 2 aliphatic heterocycles. The standard InChI is InChI=1S/C16H27N3O2.ClH/c1-11-2-4-14(5-3-11)19-10-13(6-15(19)20)16(21)18-9-12-7-17-8-12;/h11-14,17H,2-10H2,1H3,(H,18,21);1H. The number of amides is 2. The monoisotopic (exact) mass is 329 g/mol. The van der Waals surface area contributed by atoms with Crippen LogP contribution in [0, 0.1) is 17.8 Å². The number of halogens is 1. The van der Waals surface area contributed by atoms with Crippen molar-refractivity contribution in [1.82, 2.24) is 15.5 Å². The summed E-state index contributed by atoms with van der Waals surface area (Å²) in [6.07, 6.45) is 5.03. The highest BCUT2D eigenvalue weighted by Crippen LogP contribution is 2.31. The van der Waals surface area contributed by atoms with Gasteiger partial charge < -0.3 is 15.5 Å². The van der Waals surface area contributed by atoms with Crippen LogP contribution in [0.2, 0.25) is 0 Å². The molecule has 0 aromatic carbocycles. The molecule has 1 atom stereocenters. The molecular weight excluding hydrogens is 302 g/mol. The third kappa shape index (κ3) is 3.93. The molecule has 3 rings (SSSR count). The van der Waals surface area contributed by atoms with Crippen LogP contribution >= 0.6 is 12.4 Å². The Morgan fingerprint density at radius 1 is 1.27 bits per heavy atom. The highest BCUT2D eigenvalue weighted by Gasteiger charge is 2.38. The van der Waals surface area contributed by atoms with Crippen molar-refractivity contribution in [3.05, 3.63) is 0 Å². The lowest BCUT2D eigenvalue weighted by molar-refractivity contribution is -0.131. The minimum absolute atomic E-state index is 0. The Labute approximate surface area is 139 Å². The second-order valence-corrected chi connectivity index (χ2v) is 7.13. The van der Waals surface area contributed by atoms with Crippen LogP contribution in [0.1, 0.15) is 39.0 Å². The third-order valence-corrected chi connectivity index (χ3v) is 5.39. The topological polar surface area (TPSA) is 61.4 Å². The van der Waals surface area contributed by atoms with Crippen LogP contribution in [0.4, 0.5) is 0 Å².